The Balaban J connectivity index is 2.33. The van der Waals surface area contributed by atoms with Crippen LogP contribution in [0.15, 0.2) is 16.9 Å². The van der Waals surface area contributed by atoms with Crippen LogP contribution in [0.25, 0.3) is 0 Å². The normalized spacial score (nSPS) is 12.2. The molecule has 0 radical (unpaired) electrons. The lowest BCUT2D eigenvalue weighted by Gasteiger charge is -2.17. The van der Waals surface area contributed by atoms with Crippen LogP contribution in [0.4, 0.5) is 5.82 Å². The Labute approximate surface area is 115 Å². The van der Waals surface area contributed by atoms with Crippen LogP contribution in [-0.2, 0) is 23.6 Å². The summed E-state index contributed by atoms with van der Waals surface area (Å²) in [5.41, 5.74) is 8.16. The summed E-state index contributed by atoms with van der Waals surface area (Å²) in [4.78, 5) is 8.82. The third-order valence-corrected chi connectivity index (χ3v) is 5.63. The van der Waals surface area contributed by atoms with Crippen molar-refractivity contribution in [2.24, 2.45) is 7.05 Å². The summed E-state index contributed by atoms with van der Waals surface area (Å²) in [5.74, 6) is 0.00961. The number of nitrogens with two attached hydrogens (primary N) is 1. The van der Waals surface area contributed by atoms with Gasteiger partial charge < -0.3 is 10.3 Å². The van der Waals surface area contributed by atoms with Gasteiger partial charge in [0.1, 0.15) is 0 Å². The van der Waals surface area contributed by atoms with Crippen LogP contribution in [0.2, 0.25) is 0 Å². The first-order valence-electron chi connectivity index (χ1n) is 5.46. The number of aryl methyl sites for hydroxylation is 2. The molecular formula is C10H15N5O2S2. The van der Waals surface area contributed by atoms with Gasteiger partial charge in [-0.1, -0.05) is 0 Å². The fourth-order valence-electron chi connectivity index (χ4n) is 1.66. The molecule has 2 aromatic heterocycles. The molecule has 9 heteroatoms. The summed E-state index contributed by atoms with van der Waals surface area (Å²) in [6.45, 7) is 2.12. The van der Waals surface area contributed by atoms with Crippen LogP contribution in [0, 0.1) is 6.92 Å². The molecular weight excluding hydrogens is 286 g/mol. The average Bonchev–Trinajstić information content (AvgIpc) is 2.86. The highest BCUT2D eigenvalue weighted by atomic mass is 32.2. The van der Waals surface area contributed by atoms with Gasteiger partial charge in [-0.2, -0.15) is 4.31 Å². The topological polar surface area (TPSA) is 94.1 Å². The zero-order valence-electron chi connectivity index (χ0n) is 10.9. The first kappa shape index (κ1) is 14.0. The number of rotatable bonds is 4. The second-order valence-electron chi connectivity index (χ2n) is 4.17. The highest BCUT2D eigenvalue weighted by Gasteiger charge is 2.28. The third-order valence-electron chi connectivity index (χ3n) is 2.78. The summed E-state index contributed by atoms with van der Waals surface area (Å²) >= 11 is 1.43. The van der Waals surface area contributed by atoms with Crippen molar-refractivity contribution in [1.82, 2.24) is 18.8 Å². The Bertz CT molecular complexity index is 669. The molecule has 0 fully saturated rings. The number of sulfonamides is 1. The van der Waals surface area contributed by atoms with Crippen molar-refractivity contribution in [2.75, 3.05) is 12.8 Å². The van der Waals surface area contributed by atoms with E-state index in [0.717, 1.165) is 10.6 Å². The van der Waals surface area contributed by atoms with Gasteiger partial charge in [0.15, 0.2) is 10.8 Å². The van der Waals surface area contributed by atoms with E-state index < -0.39 is 10.0 Å². The van der Waals surface area contributed by atoms with E-state index >= 15 is 0 Å². The first-order valence-corrected chi connectivity index (χ1v) is 7.78. The largest absolute Gasteiger partial charge is 0.381 e. The molecule has 104 valence electrons. The number of nitrogen functional groups attached to an aromatic ring is 1. The lowest BCUT2D eigenvalue weighted by Crippen LogP contribution is -2.28. The number of anilines is 1. The second-order valence-corrected chi connectivity index (χ2v) is 7.07. The van der Waals surface area contributed by atoms with Crippen molar-refractivity contribution in [3.63, 3.8) is 0 Å². The lowest BCUT2D eigenvalue weighted by molar-refractivity contribution is 0.462. The number of hydrogen-bond acceptors (Lipinski definition) is 6. The number of aromatic nitrogens is 3. The summed E-state index contributed by atoms with van der Waals surface area (Å²) in [7, 11) is -0.548. The van der Waals surface area contributed by atoms with Gasteiger partial charge in [-0.05, 0) is 6.92 Å². The summed E-state index contributed by atoms with van der Waals surface area (Å²) < 4.78 is 27.5. The molecule has 0 saturated carbocycles. The van der Waals surface area contributed by atoms with Gasteiger partial charge in [0.05, 0.1) is 17.5 Å². The maximum Gasteiger partial charge on any atom is 0.262 e. The van der Waals surface area contributed by atoms with Crippen molar-refractivity contribution >= 4 is 27.2 Å². The van der Waals surface area contributed by atoms with Gasteiger partial charge in [0.25, 0.3) is 10.0 Å². The van der Waals surface area contributed by atoms with Crippen LogP contribution in [0.1, 0.15) is 10.6 Å². The highest BCUT2D eigenvalue weighted by Crippen LogP contribution is 2.23. The predicted molar refractivity (Wildman–Crippen MR) is 73.1 cm³/mol. The van der Waals surface area contributed by atoms with Gasteiger partial charge in [-0.25, -0.2) is 18.4 Å². The van der Waals surface area contributed by atoms with E-state index in [9.17, 15) is 8.42 Å². The number of imidazole rings is 1. The van der Waals surface area contributed by atoms with Crippen molar-refractivity contribution in [1.29, 1.82) is 0 Å². The van der Waals surface area contributed by atoms with Crippen LogP contribution in [0.5, 0.6) is 0 Å². The van der Waals surface area contributed by atoms with Crippen molar-refractivity contribution in [2.45, 2.75) is 18.5 Å². The van der Waals surface area contributed by atoms with Gasteiger partial charge in [-0.3, -0.25) is 0 Å². The molecule has 0 saturated heterocycles. The van der Waals surface area contributed by atoms with Gasteiger partial charge >= 0.3 is 0 Å². The smallest absolute Gasteiger partial charge is 0.262 e. The average molecular weight is 301 g/mol. The van der Waals surface area contributed by atoms with E-state index in [0.29, 0.717) is 0 Å². The zero-order valence-corrected chi connectivity index (χ0v) is 12.5. The van der Waals surface area contributed by atoms with E-state index in [4.69, 9.17) is 5.73 Å². The molecule has 7 nitrogen and oxygen atoms in total. The van der Waals surface area contributed by atoms with Crippen molar-refractivity contribution < 1.29 is 8.42 Å². The van der Waals surface area contributed by atoms with Crippen LogP contribution in [0.3, 0.4) is 0 Å². The van der Waals surface area contributed by atoms with E-state index in [2.05, 4.69) is 9.97 Å². The minimum atomic E-state index is -3.66. The van der Waals surface area contributed by atoms with E-state index in [1.165, 1.54) is 33.6 Å². The quantitative estimate of drug-likeness (QED) is 0.892. The van der Waals surface area contributed by atoms with E-state index in [1.807, 2.05) is 6.92 Å². The molecule has 0 bridgehead atoms. The molecule has 0 aliphatic heterocycles. The predicted octanol–water partition coefficient (Wildman–Crippen LogP) is 0.588. The van der Waals surface area contributed by atoms with Crippen molar-refractivity contribution in [3.8, 4) is 0 Å². The Morgan fingerprint density at radius 3 is 2.63 bits per heavy atom. The number of thiazole rings is 1. The molecule has 0 unspecified atom stereocenters. The van der Waals surface area contributed by atoms with E-state index in [1.54, 1.807) is 12.6 Å². The van der Waals surface area contributed by atoms with Crippen LogP contribution >= 0.6 is 11.3 Å². The highest BCUT2D eigenvalue weighted by molar-refractivity contribution is 7.89. The molecule has 0 aromatic carbocycles. The standard InChI is InChI=1S/C10H15N5O2S2/c1-7-8(18-6-13-7)4-15(3)19(16,17)10-9(11)12-5-14(10)2/h5-6H,4,11H2,1-3H3. The molecule has 2 aromatic rings. The Morgan fingerprint density at radius 1 is 1.47 bits per heavy atom. The Morgan fingerprint density at radius 2 is 2.16 bits per heavy atom. The van der Waals surface area contributed by atoms with E-state index in [-0.39, 0.29) is 17.4 Å². The summed E-state index contributed by atoms with van der Waals surface area (Å²) in [6.07, 6.45) is 1.38. The monoisotopic (exact) mass is 301 g/mol. The van der Waals surface area contributed by atoms with Gasteiger partial charge in [0.2, 0.25) is 0 Å². The Kier molecular flexibility index (Phi) is 3.61. The number of hydrogen-bond donors (Lipinski definition) is 1. The molecule has 0 amide bonds. The molecule has 2 rings (SSSR count). The van der Waals surface area contributed by atoms with Crippen LogP contribution in [-0.4, -0.2) is 34.3 Å². The fraction of sp³-hybridized carbons (Fsp3) is 0.400. The second kappa shape index (κ2) is 4.91. The Hall–Kier alpha value is -1.45. The molecule has 2 heterocycles. The van der Waals surface area contributed by atoms with Gasteiger partial charge in [-0.15, -0.1) is 11.3 Å². The lowest BCUT2D eigenvalue weighted by atomic mass is 10.4. The molecule has 0 atom stereocenters. The fourth-order valence-corrected chi connectivity index (χ4v) is 3.90. The minimum absolute atomic E-state index is 0.00961. The molecule has 0 aliphatic carbocycles. The maximum atomic E-state index is 12.4. The molecule has 0 aliphatic rings. The summed E-state index contributed by atoms with van der Waals surface area (Å²) in [6, 6.07) is 0. The molecule has 2 N–H and O–H groups in total. The minimum Gasteiger partial charge on any atom is -0.381 e. The van der Waals surface area contributed by atoms with Crippen molar-refractivity contribution in [3.05, 3.63) is 22.4 Å². The third kappa shape index (κ3) is 2.48. The first-order chi connectivity index (χ1) is 8.84. The van der Waals surface area contributed by atoms with Crippen LogP contribution < -0.4 is 5.73 Å². The SMILES string of the molecule is Cc1ncsc1CN(C)S(=O)(=O)c1c(N)ncn1C. The maximum absolute atomic E-state index is 12.4. The molecule has 19 heavy (non-hydrogen) atoms. The summed E-state index contributed by atoms with van der Waals surface area (Å²) in [5, 5.41) is 0.0113. The van der Waals surface area contributed by atoms with Gasteiger partial charge in [0, 0.05) is 25.5 Å². The molecule has 0 spiro atoms. The number of nitrogens with zero attached hydrogens (tertiary/aromatic N) is 4. The zero-order chi connectivity index (χ0) is 14.2.